The SMILES string of the molecule is CC(C)c1nn(C2(C(=O)OC(C)(C)C)CC2)c(=O)c2cn(C3CC3)nc12. The highest BCUT2D eigenvalue weighted by Crippen LogP contribution is 2.44. The van der Waals surface area contributed by atoms with Crippen LogP contribution in [0.5, 0.6) is 0 Å². The van der Waals surface area contributed by atoms with E-state index in [1.54, 1.807) is 0 Å². The summed E-state index contributed by atoms with van der Waals surface area (Å²) < 4.78 is 8.84. The Balaban J connectivity index is 1.86. The fourth-order valence-electron chi connectivity index (χ4n) is 3.25. The van der Waals surface area contributed by atoms with E-state index in [1.165, 1.54) is 4.68 Å². The van der Waals surface area contributed by atoms with Gasteiger partial charge in [0.2, 0.25) is 0 Å². The van der Waals surface area contributed by atoms with Crippen molar-refractivity contribution in [3.8, 4) is 0 Å². The van der Waals surface area contributed by atoms with Crippen molar-refractivity contribution < 1.29 is 9.53 Å². The maximum absolute atomic E-state index is 13.2. The molecule has 0 saturated heterocycles. The zero-order valence-corrected chi connectivity index (χ0v) is 16.1. The van der Waals surface area contributed by atoms with Gasteiger partial charge in [-0.15, -0.1) is 0 Å². The van der Waals surface area contributed by atoms with Crippen molar-refractivity contribution in [3.63, 3.8) is 0 Å². The summed E-state index contributed by atoms with van der Waals surface area (Å²) in [6.45, 7) is 9.55. The molecule has 7 heteroatoms. The number of hydrogen-bond acceptors (Lipinski definition) is 5. The Labute approximate surface area is 152 Å². The van der Waals surface area contributed by atoms with Crippen LogP contribution in [0.4, 0.5) is 0 Å². The van der Waals surface area contributed by atoms with E-state index in [1.807, 2.05) is 45.5 Å². The Bertz CT molecular complexity index is 940. The van der Waals surface area contributed by atoms with Crippen molar-refractivity contribution in [3.05, 3.63) is 22.2 Å². The Morgan fingerprint density at radius 2 is 1.92 bits per heavy atom. The molecule has 0 unspecified atom stereocenters. The number of ether oxygens (including phenoxy) is 1. The summed E-state index contributed by atoms with van der Waals surface area (Å²) in [6.07, 6.45) is 5.16. The first-order valence-corrected chi connectivity index (χ1v) is 9.38. The monoisotopic (exact) mass is 358 g/mol. The standard InChI is InChI=1S/C19H26N4O3/c1-11(2)14-15-13(10-22(20-15)12-6-7-12)16(24)23(21-14)19(8-9-19)17(25)26-18(3,4)5/h10-12H,6-9H2,1-5H3. The fraction of sp³-hybridized carbons (Fsp3) is 0.684. The smallest absolute Gasteiger partial charge is 0.334 e. The number of rotatable bonds is 4. The number of fused-ring (bicyclic) bond motifs is 1. The van der Waals surface area contributed by atoms with Crippen molar-refractivity contribution in [1.82, 2.24) is 19.6 Å². The molecule has 2 aromatic heterocycles. The van der Waals surface area contributed by atoms with Crippen molar-refractivity contribution >= 4 is 16.9 Å². The van der Waals surface area contributed by atoms with Gasteiger partial charge in [0.15, 0.2) is 5.54 Å². The normalized spacial score (nSPS) is 19.2. The molecule has 7 nitrogen and oxygen atoms in total. The quantitative estimate of drug-likeness (QED) is 0.785. The van der Waals surface area contributed by atoms with Crippen molar-refractivity contribution in [1.29, 1.82) is 0 Å². The van der Waals surface area contributed by atoms with Gasteiger partial charge in [-0.3, -0.25) is 9.48 Å². The molecule has 0 aliphatic heterocycles. The Morgan fingerprint density at radius 1 is 1.27 bits per heavy atom. The Morgan fingerprint density at radius 3 is 2.42 bits per heavy atom. The highest BCUT2D eigenvalue weighted by atomic mass is 16.6. The van der Waals surface area contributed by atoms with Gasteiger partial charge in [0, 0.05) is 6.20 Å². The fourth-order valence-corrected chi connectivity index (χ4v) is 3.25. The summed E-state index contributed by atoms with van der Waals surface area (Å²) in [5, 5.41) is 9.78. The molecule has 26 heavy (non-hydrogen) atoms. The second-order valence-corrected chi connectivity index (χ2v) is 8.89. The molecular formula is C19H26N4O3. The minimum absolute atomic E-state index is 0.0985. The van der Waals surface area contributed by atoms with Crippen molar-refractivity contribution in [2.75, 3.05) is 0 Å². The summed E-state index contributed by atoms with van der Waals surface area (Å²) in [5.74, 6) is -0.274. The van der Waals surface area contributed by atoms with Crippen LogP contribution in [0.3, 0.4) is 0 Å². The van der Waals surface area contributed by atoms with E-state index in [9.17, 15) is 9.59 Å². The van der Waals surface area contributed by atoms with Gasteiger partial charge < -0.3 is 4.74 Å². The third-order valence-electron chi connectivity index (χ3n) is 4.98. The molecule has 2 aromatic rings. The molecule has 0 amide bonds. The van der Waals surface area contributed by atoms with Crippen LogP contribution < -0.4 is 5.56 Å². The Kier molecular flexibility index (Phi) is 3.59. The van der Waals surface area contributed by atoms with E-state index in [0.29, 0.717) is 29.8 Å². The number of hydrogen-bond donors (Lipinski definition) is 0. The third kappa shape index (κ3) is 2.73. The molecule has 0 N–H and O–H groups in total. The van der Waals surface area contributed by atoms with Crippen molar-refractivity contribution in [2.24, 2.45) is 0 Å². The summed E-state index contributed by atoms with van der Waals surface area (Å²) in [4.78, 5) is 25.9. The lowest BCUT2D eigenvalue weighted by Crippen LogP contribution is -2.42. The largest absolute Gasteiger partial charge is 0.458 e. The van der Waals surface area contributed by atoms with Crippen LogP contribution in [0.2, 0.25) is 0 Å². The van der Waals surface area contributed by atoms with Crippen LogP contribution >= 0.6 is 0 Å². The average molecular weight is 358 g/mol. The van der Waals surface area contributed by atoms with Crippen LogP contribution in [-0.2, 0) is 15.1 Å². The molecule has 0 atom stereocenters. The lowest BCUT2D eigenvalue weighted by molar-refractivity contribution is -0.161. The van der Waals surface area contributed by atoms with E-state index in [4.69, 9.17) is 4.74 Å². The molecule has 0 bridgehead atoms. The number of esters is 1. The lowest BCUT2D eigenvalue weighted by atomic mass is 10.1. The summed E-state index contributed by atoms with van der Waals surface area (Å²) in [6, 6.07) is 0.385. The van der Waals surface area contributed by atoms with Gasteiger partial charge in [-0.25, -0.2) is 9.48 Å². The third-order valence-corrected chi connectivity index (χ3v) is 4.98. The van der Waals surface area contributed by atoms with E-state index < -0.39 is 11.1 Å². The van der Waals surface area contributed by atoms with Gasteiger partial charge in [-0.1, -0.05) is 13.8 Å². The minimum atomic E-state index is -0.968. The van der Waals surface area contributed by atoms with E-state index >= 15 is 0 Å². The number of aromatic nitrogens is 4. The zero-order valence-electron chi connectivity index (χ0n) is 16.1. The summed E-state index contributed by atoms with van der Waals surface area (Å²) in [5.41, 5.74) is -0.399. The van der Waals surface area contributed by atoms with Gasteiger partial charge in [-0.2, -0.15) is 10.2 Å². The minimum Gasteiger partial charge on any atom is -0.458 e. The lowest BCUT2D eigenvalue weighted by Gasteiger charge is -2.24. The predicted octanol–water partition coefficient (Wildman–Crippen LogP) is 2.88. The van der Waals surface area contributed by atoms with Gasteiger partial charge in [0.25, 0.3) is 5.56 Å². The van der Waals surface area contributed by atoms with Crippen LogP contribution in [0.1, 0.15) is 78.0 Å². The van der Waals surface area contributed by atoms with E-state index in [0.717, 1.165) is 18.5 Å². The summed E-state index contributed by atoms with van der Waals surface area (Å²) >= 11 is 0. The molecule has 4 rings (SSSR count). The zero-order chi connectivity index (χ0) is 18.9. The Hall–Kier alpha value is -2.18. The van der Waals surface area contributed by atoms with Gasteiger partial charge in [0.1, 0.15) is 11.1 Å². The maximum atomic E-state index is 13.2. The molecule has 2 aliphatic rings. The highest BCUT2D eigenvalue weighted by molar-refractivity contribution is 5.84. The first kappa shape index (κ1) is 17.2. The van der Waals surface area contributed by atoms with Gasteiger partial charge in [0.05, 0.1) is 17.1 Å². The molecule has 140 valence electrons. The molecule has 0 radical (unpaired) electrons. The van der Waals surface area contributed by atoms with Gasteiger partial charge in [-0.05, 0) is 52.4 Å². The molecule has 0 aromatic carbocycles. The number of carbonyl (C=O) groups is 1. The summed E-state index contributed by atoms with van der Waals surface area (Å²) in [7, 11) is 0. The molecule has 2 heterocycles. The van der Waals surface area contributed by atoms with Crippen LogP contribution in [0, 0.1) is 0 Å². The van der Waals surface area contributed by atoms with Crippen molar-refractivity contribution in [2.45, 2.75) is 83.4 Å². The first-order chi connectivity index (χ1) is 12.1. The second kappa shape index (κ2) is 5.41. The molecule has 2 saturated carbocycles. The molecule has 2 fully saturated rings. The predicted molar refractivity (Wildman–Crippen MR) is 97.2 cm³/mol. The second-order valence-electron chi connectivity index (χ2n) is 8.89. The van der Waals surface area contributed by atoms with Crippen LogP contribution in [0.25, 0.3) is 10.9 Å². The number of carbonyl (C=O) groups excluding carboxylic acids is 1. The highest BCUT2D eigenvalue weighted by Gasteiger charge is 2.56. The topological polar surface area (TPSA) is 79.0 Å². The first-order valence-electron chi connectivity index (χ1n) is 9.38. The molecular weight excluding hydrogens is 332 g/mol. The average Bonchev–Trinajstić information content (AvgIpc) is 3.43. The van der Waals surface area contributed by atoms with Gasteiger partial charge >= 0.3 is 5.97 Å². The van der Waals surface area contributed by atoms with Crippen LogP contribution in [-0.4, -0.2) is 31.1 Å². The molecule has 2 aliphatic carbocycles. The van der Waals surface area contributed by atoms with E-state index in [2.05, 4.69) is 10.2 Å². The maximum Gasteiger partial charge on any atom is 0.334 e. The van der Waals surface area contributed by atoms with E-state index in [-0.39, 0.29) is 17.4 Å². The number of nitrogens with zero attached hydrogens (tertiary/aromatic N) is 4. The molecule has 0 spiro atoms. The van der Waals surface area contributed by atoms with Crippen LogP contribution in [0.15, 0.2) is 11.0 Å².